The average molecular weight is 462 g/mol. The fourth-order valence-corrected chi connectivity index (χ4v) is 4.30. The van der Waals surface area contributed by atoms with Gasteiger partial charge in [-0.3, -0.25) is 14.7 Å². The Morgan fingerprint density at radius 2 is 1.80 bits per heavy atom. The summed E-state index contributed by atoms with van der Waals surface area (Å²) < 4.78 is 0.947. The highest BCUT2D eigenvalue weighted by molar-refractivity contribution is 7.22. The summed E-state index contributed by atoms with van der Waals surface area (Å²) in [6.45, 7) is 1.41. The molecule has 2 aromatic heterocycles. The molecule has 4 rings (SSSR count). The summed E-state index contributed by atoms with van der Waals surface area (Å²) in [7, 11) is 4.03. The number of nitrogens with zero attached hydrogens (tertiary/aromatic N) is 5. The van der Waals surface area contributed by atoms with Gasteiger partial charge in [-0.25, -0.2) is 9.97 Å². The van der Waals surface area contributed by atoms with Crippen LogP contribution in [0.4, 0.5) is 5.13 Å². The zero-order valence-corrected chi connectivity index (χ0v) is 19.0. The van der Waals surface area contributed by atoms with Crippen LogP contribution in [-0.4, -0.2) is 52.9 Å². The molecule has 0 aliphatic rings. The van der Waals surface area contributed by atoms with Crippen LogP contribution in [0.15, 0.2) is 48.7 Å². The molecule has 0 aliphatic heterocycles. The van der Waals surface area contributed by atoms with E-state index in [2.05, 4.69) is 19.9 Å². The minimum atomic E-state index is -0.202. The van der Waals surface area contributed by atoms with Crippen molar-refractivity contribution in [3.05, 3.63) is 59.4 Å². The molecule has 0 unspecified atom stereocenters. The molecule has 2 aromatic carbocycles. The van der Waals surface area contributed by atoms with Crippen molar-refractivity contribution in [3.8, 4) is 0 Å². The fourth-order valence-electron chi connectivity index (χ4n) is 3.03. The number of para-hydroxylation sites is 2. The summed E-state index contributed by atoms with van der Waals surface area (Å²) in [6.07, 6.45) is 2.35. The minimum Gasteiger partial charge on any atom is -0.309 e. The molecule has 0 bridgehead atoms. The lowest BCUT2D eigenvalue weighted by atomic mass is 10.2. The first kappa shape index (κ1) is 22.4. The van der Waals surface area contributed by atoms with Crippen LogP contribution in [0, 0.1) is 0 Å². The smallest absolute Gasteiger partial charge is 0.280 e. The minimum absolute atomic E-state index is 0. The highest BCUT2D eigenvalue weighted by Gasteiger charge is 2.23. The van der Waals surface area contributed by atoms with E-state index in [1.165, 1.54) is 17.5 Å². The standard InChI is InChI=1S/C21H20ClN5OS.ClH/c1-26(2)10-5-11-27(21-25-17-9-8-14(22)12-19(17)29-21)20(28)18-13-23-15-6-3-4-7-16(15)24-18;/h3-4,6-9,12-13H,5,10-11H2,1-2H3;1H. The third-order valence-electron chi connectivity index (χ3n) is 4.47. The Hall–Kier alpha value is -2.32. The molecule has 30 heavy (non-hydrogen) atoms. The SMILES string of the molecule is CN(C)CCCN(C(=O)c1cnc2ccccc2n1)c1nc2ccc(Cl)cc2s1.Cl. The van der Waals surface area contributed by atoms with Crippen molar-refractivity contribution < 1.29 is 4.79 Å². The Balaban J connectivity index is 0.00000256. The molecule has 0 aliphatic carbocycles. The molecule has 0 N–H and O–H groups in total. The summed E-state index contributed by atoms with van der Waals surface area (Å²) in [6, 6.07) is 13.1. The number of fused-ring (bicyclic) bond motifs is 2. The maximum absolute atomic E-state index is 13.4. The van der Waals surface area contributed by atoms with Gasteiger partial charge in [-0.1, -0.05) is 35.1 Å². The highest BCUT2D eigenvalue weighted by Crippen LogP contribution is 2.31. The molecule has 0 saturated heterocycles. The number of carbonyl (C=O) groups excluding carboxylic acids is 1. The van der Waals surface area contributed by atoms with E-state index >= 15 is 0 Å². The Bertz CT molecular complexity index is 1180. The number of amides is 1. The zero-order chi connectivity index (χ0) is 20.4. The van der Waals surface area contributed by atoms with Crippen LogP contribution in [0.1, 0.15) is 16.9 Å². The fraction of sp³-hybridized carbons (Fsp3) is 0.238. The van der Waals surface area contributed by atoms with Crippen LogP contribution in [0.5, 0.6) is 0 Å². The summed E-state index contributed by atoms with van der Waals surface area (Å²) in [5.74, 6) is -0.202. The Morgan fingerprint density at radius 1 is 1.03 bits per heavy atom. The Kier molecular flexibility index (Phi) is 7.20. The second-order valence-corrected chi connectivity index (χ2v) is 8.41. The van der Waals surface area contributed by atoms with Crippen molar-refractivity contribution in [1.29, 1.82) is 0 Å². The quantitative estimate of drug-likeness (QED) is 0.407. The summed E-state index contributed by atoms with van der Waals surface area (Å²) in [5, 5.41) is 1.29. The van der Waals surface area contributed by atoms with E-state index in [0.717, 1.165) is 28.7 Å². The van der Waals surface area contributed by atoms with Gasteiger partial charge in [0.2, 0.25) is 0 Å². The zero-order valence-electron chi connectivity index (χ0n) is 16.6. The molecule has 4 aromatic rings. The van der Waals surface area contributed by atoms with Gasteiger partial charge in [0.1, 0.15) is 5.69 Å². The van der Waals surface area contributed by atoms with Gasteiger partial charge in [0.15, 0.2) is 5.13 Å². The van der Waals surface area contributed by atoms with Gasteiger partial charge in [0.25, 0.3) is 5.91 Å². The molecule has 6 nitrogen and oxygen atoms in total. The van der Waals surface area contributed by atoms with E-state index in [0.29, 0.717) is 27.9 Å². The number of halogens is 2. The number of rotatable bonds is 6. The third-order valence-corrected chi connectivity index (χ3v) is 5.75. The van der Waals surface area contributed by atoms with E-state index in [-0.39, 0.29) is 18.3 Å². The first-order chi connectivity index (χ1) is 14.0. The van der Waals surface area contributed by atoms with E-state index in [4.69, 9.17) is 11.6 Å². The van der Waals surface area contributed by atoms with Crippen molar-refractivity contribution >= 4 is 67.6 Å². The van der Waals surface area contributed by atoms with Gasteiger partial charge in [-0.15, -0.1) is 12.4 Å². The van der Waals surface area contributed by atoms with E-state index in [9.17, 15) is 4.79 Å². The number of hydrogen-bond donors (Lipinski definition) is 0. The molecule has 0 fully saturated rings. The largest absolute Gasteiger partial charge is 0.309 e. The average Bonchev–Trinajstić information content (AvgIpc) is 3.13. The molecular weight excluding hydrogens is 441 g/mol. The van der Waals surface area contributed by atoms with E-state index in [1.807, 2.05) is 50.5 Å². The van der Waals surface area contributed by atoms with Gasteiger partial charge in [-0.2, -0.15) is 0 Å². The number of thiazole rings is 1. The molecule has 9 heteroatoms. The molecular formula is C21H21Cl2N5OS. The first-order valence-corrected chi connectivity index (χ1v) is 10.5. The van der Waals surface area contributed by atoms with Crippen LogP contribution in [0.3, 0.4) is 0 Å². The molecule has 0 spiro atoms. The number of hydrogen-bond acceptors (Lipinski definition) is 6. The number of aromatic nitrogens is 3. The molecule has 1 amide bonds. The van der Waals surface area contributed by atoms with Crippen molar-refractivity contribution in [2.75, 3.05) is 32.1 Å². The van der Waals surface area contributed by atoms with Crippen molar-refractivity contribution in [3.63, 3.8) is 0 Å². The predicted octanol–water partition coefficient (Wildman–Crippen LogP) is 4.91. The van der Waals surface area contributed by atoms with Crippen LogP contribution in [0.2, 0.25) is 5.02 Å². The van der Waals surface area contributed by atoms with Crippen LogP contribution >= 0.6 is 35.3 Å². The number of benzene rings is 2. The lowest BCUT2D eigenvalue weighted by Crippen LogP contribution is -2.34. The molecule has 2 heterocycles. The normalized spacial score (nSPS) is 11.1. The maximum Gasteiger partial charge on any atom is 0.280 e. The van der Waals surface area contributed by atoms with Crippen molar-refractivity contribution in [1.82, 2.24) is 19.9 Å². The summed E-state index contributed by atoms with van der Waals surface area (Å²) in [5.41, 5.74) is 2.59. The molecule has 0 saturated carbocycles. The first-order valence-electron chi connectivity index (χ1n) is 9.26. The van der Waals surface area contributed by atoms with E-state index < -0.39 is 0 Å². The van der Waals surface area contributed by atoms with Gasteiger partial charge in [-0.05, 0) is 57.4 Å². The molecule has 156 valence electrons. The monoisotopic (exact) mass is 461 g/mol. The van der Waals surface area contributed by atoms with Gasteiger partial charge in [0.05, 0.1) is 27.4 Å². The van der Waals surface area contributed by atoms with Crippen molar-refractivity contribution in [2.24, 2.45) is 0 Å². The maximum atomic E-state index is 13.4. The Morgan fingerprint density at radius 3 is 2.57 bits per heavy atom. The van der Waals surface area contributed by atoms with Crippen LogP contribution in [0.25, 0.3) is 21.3 Å². The van der Waals surface area contributed by atoms with E-state index in [1.54, 1.807) is 11.0 Å². The number of anilines is 1. The topological polar surface area (TPSA) is 62.2 Å². The predicted molar refractivity (Wildman–Crippen MR) is 126 cm³/mol. The van der Waals surface area contributed by atoms with Gasteiger partial charge in [0, 0.05) is 11.6 Å². The molecule has 0 radical (unpaired) electrons. The van der Waals surface area contributed by atoms with Crippen molar-refractivity contribution in [2.45, 2.75) is 6.42 Å². The molecule has 0 atom stereocenters. The van der Waals surface area contributed by atoms with Crippen LogP contribution in [-0.2, 0) is 0 Å². The second-order valence-electron chi connectivity index (χ2n) is 6.97. The number of carbonyl (C=O) groups is 1. The second kappa shape index (κ2) is 9.66. The lowest BCUT2D eigenvalue weighted by molar-refractivity contribution is 0.0981. The van der Waals surface area contributed by atoms with Gasteiger partial charge < -0.3 is 4.90 Å². The van der Waals surface area contributed by atoms with Crippen LogP contribution < -0.4 is 4.90 Å². The Labute approximate surface area is 189 Å². The third kappa shape index (κ3) is 4.87. The van der Waals surface area contributed by atoms with Gasteiger partial charge >= 0.3 is 0 Å². The lowest BCUT2D eigenvalue weighted by Gasteiger charge is -2.20. The summed E-state index contributed by atoms with van der Waals surface area (Å²) in [4.78, 5) is 30.7. The highest BCUT2D eigenvalue weighted by atomic mass is 35.5. The summed E-state index contributed by atoms with van der Waals surface area (Å²) >= 11 is 7.57.